The molecular formula is C6H17BO2Si. The van der Waals surface area contributed by atoms with E-state index in [1.54, 1.807) is 0 Å². The Labute approximate surface area is 64.4 Å². The molecule has 1 atom stereocenters. The largest absolute Gasteiger partial charge is 0.454 e. The average molecular weight is 160 g/mol. The number of hydrogen-bond donors (Lipinski definition) is 2. The summed E-state index contributed by atoms with van der Waals surface area (Å²) in [5.41, 5.74) is 0. The summed E-state index contributed by atoms with van der Waals surface area (Å²) in [7, 11) is -2.24. The van der Waals surface area contributed by atoms with Crippen LogP contribution in [0.25, 0.3) is 0 Å². The summed E-state index contributed by atoms with van der Waals surface area (Å²) < 4.78 is 0. The second kappa shape index (κ2) is 3.55. The molecular weight excluding hydrogens is 143 g/mol. The van der Waals surface area contributed by atoms with Crippen LogP contribution in [0, 0.1) is 0 Å². The molecule has 0 radical (unpaired) electrons. The van der Waals surface area contributed by atoms with Crippen LogP contribution in [0.2, 0.25) is 31.5 Å². The van der Waals surface area contributed by atoms with Crippen molar-refractivity contribution in [3.8, 4) is 0 Å². The van der Waals surface area contributed by atoms with Gasteiger partial charge in [-0.25, -0.2) is 0 Å². The van der Waals surface area contributed by atoms with Gasteiger partial charge in [0.15, 0.2) is 0 Å². The van der Waals surface area contributed by atoms with Crippen molar-refractivity contribution < 1.29 is 10.0 Å². The minimum atomic E-state index is -1.13. The van der Waals surface area contributed by atoms with Gasteiger partial charge in [0, 0.05) is 8.07 Å². The Bertz CT molecular complexity index is 100. The lowest BCUT2D eigenvalue weighted by Crippen LogP contribution is -2.28. The lowest BCUT2D eigenvalue weighted by atomic mass is 9.76. The monoisotopic (exact) mass is 160 g/mol. The normalized spacial score (nSPS) is 15.0. The van der Waals surface area contributed by atoms with Crippen LogP contribution in [0.4, 0.5) is 0 Å². The molecule has 0 amide bonds. The fourth-order valence-corrected chi connectivity index (χ4v) is 3.21. The van der Waals surface area contributed by atoms with Crippen LogP contribution in [-0.2, 0) is 0 Å². The van der Waals surface area contributed by atoms with Crippen LogP contribution in [0.1, 0.15) is 6.92 Å². The van der Waals surface area contributed by atoms with E-state index in [1.807, 2.05) is 6.92 Å². The van der Waals surface area contributed by atoms with Crippen LogP contribution in [0.15, 0.2) is 0 Å². The van der Waals surface area contributed by atoms with Gasteiger partial charge in [-0.3, -0.25) is 0 Å². The molecule has 0 saturated carbocycles. The Morgan fingerprint density at radius 3 is 1.80 bits per heavy atom. The summed E-state index contributed by atoms with van der Waals surface area (Å²) >= 11 is 0. The Morgan fingerprint density at radius 2 is 1.70 bits per heavy atom. The molecule has 2 N–H and O–H groups in total. The van der Waals surface area contributed by atoms with Crippen molar-refractivity contribution in [2.75, 3.05) is 0 Å². The van der Waals surface area contributed by atoms with Crippen molar-refractivity contribution in [3.05, 3.63) is 0 Å². The Balaban J connectivity index is 3.68. The first kappa shape index (κ1) is 10.2. The van der Waals surface area contributed by atoms with E-state index < -0.39 is 15.2 Å². The molecule has 0 aliphatic carbocycles. The highest BCUT2D eigenvalue weighted by Gasteiger charge is 2.24. The van der Waals surface area contributed by atoms with Crippen molar-refractivity contribution >= 4 is 15.2 Å². The van der Waals surface area contributed by atoms with Crippen LogP contribution in [0.3, 0.4) is 0 Å². The maximum Gasteiger partial charge on any atom is 0.454 e. The highest BCUT2D eigenvalue weighted by atomic mass is 28.3. The lowest BCUT2D eigenvalue weighted by Gasteiger charge is -2.20. The van der Waals surface area contributed by atoms with E-state index >= 15 is 0 Å². The van der Waals surface area contributed by atoms with Gasteiger partial charge in [0.2, 0.25) is 0 Å². The lowest BCUT2D eigenvalue weighted by molar-refractivity contribution is 0.392. The molecule has 0 aromatic rings. The van der Waals surface area contributed by atoms with Crippen molar-refractivity contribution in [1.29, 1.82) is 0 Å². The molecule has 1 unspecified atom stereocenters. The van der Waals surface area contributed by atoms with E-state index in [1.165, 1.54) is 0 Å². The zero-order valence-electron chi connectivity index (χ0n) is 7.26. The van der Waals surface area contributed by atoms with Crippen LogP contribution < -0.4 is 0 Å². The summed E-state index contributed by atoms with van der Waals surface area (Å²) in [6.07, 6.45) is 0. The molecule has 0 spiro atoms. The number of hydrogen-bond acceptors (Lipinski definition) is 2. The molecule has 0 bridgehead atoms. The minimum Gasteiger partial charge on any atom is -0.427 e. The van der Waals surface area contributed by atoms with Gasteiger partial charge >= 0.3 is 7.12 Å². The molecule has 0 aromatic heterocycles. The maximum atomic E-state index is 8.76. The molecule has 4 heteroatoms. The molecule has 0 aromatic carbocycles. The summed E-state index contributed by atoms with van der Waals surface area (Å²) in [5, 5.41) is 17.5. The van der Waals surface area contributed by atoms with E-state index in [4.69, 9.17) is 10.0 Å². The van der Waals surface area contributed by atoms with E-state index in [0.717, 1.165) is 6.04 Å². The van der Waals surface area contributed by atoms with Crippen LogP contribution in [-0.4, -0.2) is 25.2 Å². The molecule has 0 aliphatic rings. The molecule has 2 nitrogen and oxygen atoms in total. The average Bonchev–Trinajstić information content (AvgIpc) is 1.60. The summed E-state index contributed by atoms with van der Waals surface area (Å²) in [5.74, 6) is 0.0340. The standard InChI is InChI=1S/C6H17BO2Si/c1-6(7(8)9)5-10(2,3)4/h6,8-9H,5H2,1-4H3. The van der Waals surface area contributed by atoms with E-state index in [0.29, 0.717) is 0 Å². The van der Waals surface area contributed by atoms with Crippen molar-refractivity contribution in [2.24, 2.45) is 0 Å². The van der Waals surface area contributed by atoms with Gasteiger partial charge in [0.1, 0.15) is 0 Å². The van der Waals surface area contributed by atoms with Crippen LogP contribution in [0.5, 0.6) is 0 Å². The SMILES string of the molecule is CC(C[Si](C)(C)C)B(O)O. The second-order valence-electron chi connectivity index (χ2n) is 4.16. The molecule has 0 saturated heterocycles. The fourth-order valence-electron chi connectivity index (χ4n) is 1.07. The Morgan fingerprint density at radius 1 is 1.30 bits per heavy atom. The minimum absolute atomic E-state index is 0.0340. The molecule has 60 valence electrons. The third-order valence-electron chi connectivity index (χ3n) is 1.44. The second-order valence-corrected chi connectivity index (χ2v) is 9.69. The molecule has 0 heterocycles. The Kier molecular flexibility index (Phi) is 3.62. The van der Waals surface area contributed by atoms with Crippen molar-refractivity contribution in [2.45, 2.75) is 38.4 Å². The predicted octanol–water partition coefficient (Wildman–Crippen LogP) is 1.19. The van der Waals surface area contributed by atoms with E-state index in [2.05, 4.69) is 19.6 Å². The third kappa shape index (κ3) is 5.02. The van der Waals surface area contributed by atoms with Crippen molar-refractivity contribution in [1.82, 2.24) is 0 Å². The maximum absolute atomic E-state index is 8.76. The third-order valence-corrected chi connectivity index (χ3v) is 3.31. The van der Waals surface area contributed by atoms with Gasteiger partial charge in [-0.1, -0.05) is 32.6 Å². The summed E-state index contributed by atoms with van der Waals surface area (Å²) in [6, 6.07) is 0.977. The zero-order chi connectivity index (χ0) is 8.36. The topological polar surface area (TPSA) is 40.5 Å². The fraction of sp³-hybridized carbons (Fsp3) is 1.00. The number of rotatable bonds is 3. The van der Waals surface area contributed by atoms with Gasteiger partial charge in [-0.2, -0.15) is 0 Å². The quantitative estimate of drug-likeness (QED) is 0.608. The summed E-state index contributed by atoms with van der Waals surface area (Å²) in [6.45, 7) is 8.56. The highest BCUT2D eigenvalue weighted by molar-refractivity contribution is 6.77. The molecule has 10 heavy (non-hydrogen) atoms. The first-order chi connectivity index (χ1) is 4.33. The van der Waals surface area contributed by atoms with E-state index in [9.17, 15) is 0 Å². The summed E-state index contributed by atoms with van der Waals surface area (Å²) in [4.78, 5) is 0. The van der Waals surface area contributed by atoms with Gasteiger partial charge in [-0.15, -0.1) is 0 Å². The first-order valence-corrected chi connectivity index (χ1v) is 7.40. The highest BCUT2D eigenvalue weighted by Crippen LogP contribution is 2.21. The van der Waals surface area contributed by atoms with Crippen LogP contribution >= 0.6 is 0 Å². The Hall–Kier alpha value is 0.202. The first-order valence-electron chi connectivity index (χ1n) is 3.69. The molecule has 0 rings (SSSR count). The van der Waals surface area contributed by atoms with Crippen molar-refractivity contribution in [3.63, 3.8) is 0 Å². The van der Waals surface area contributed by atoms with Gasteiger partial charge in [-0.05, 0) is 5.82 Å². The molecule has 0 fully saturated rings. The smallest absolute Gasteiger partial charge is 0.427 e. The van der Waals surface area contributed by atoms with Gasteiger partial charge in [0.05, 0.1) is 0 Å². The predicted molar refractivity (Wildman–Crippen MR) is 47.8 cm³/mol. The van der Waals surface area contributed by atoms with E-state index in [-0.39, 0.29) is 5.82 Å². The van der Waals surface area contributed by atoms with Gasteiger partial charge < -0.3 is 10.0 Å². The zero-order valence-corrected chi connectivity index (χ0v) is 8.26. The molecule has 0 aliphatic heterocycles. The van der Waals surface area contributed by atoms with Gasteiger partial charge in [0.25, 0.3) is 0 Å².